The van der Waals surface area contributed by atoms with E-state index in [1.165, 1.54) is 48.8 Å². The Kier molecular flexibility index (Phi) is 34.4. The molecule has 0 spiro atoms. The number of nitrogens with two attached hydrogens (primary N) is 1. The van der Waals surface area contributed by atoms with Gasteiger partial charge in [0.15, 0.2) is 0 Å². The number of H-pyrrole nitrogens is 2. The molecular weight excluding hydrogens is 1160 g/mol. The number of aromatic nitrogens is 4. The topological polar surface area (TPSA) is 250 Å². The molecule has 7 rings (SSSR count). The third-order valence-corrected chi connectivity index (χ3v) is 22.2. The number of benzene rings is 2. The van der Waals surface area contributed by atoms with Crippen molar-refractivity contribution in [1.82, 2.24) is 24.8 Å². The van der Waals surface area contributed by atoms with E-state index < -0.39 is 28.8 Å². The number of carboxylic acid groups (broad SMARTS) is 1. The molecule has 0 radical (unpaired) electrons. The predicted molar refractivity (Wildman–Crippen MR) is 349 cm³/mol. The van der Waals surface area contributed by atoms with Gasteiger partial charge in [-0.1, -0.05) is 102 Å². The van der Waals surface area contributed by atoms with E-state index in [2.05, 4.69) is 104 Å². The molecule has 1 aliphatic rings. The second-order valence-corrected chi connectivity index (χ2v) is 27.2. The number of pyridine rings is 2. The largest absolute Gasteiger partial charge is 0.472 e. The highest BCUT2D eigenvalue weighted by Crippen LogP contribution is 2.82. The van der Waals surface area contributed by atoms with Gasteiger partial charge in [-0.25, -0.2) is 27.7 Å². The molecule has 5 heterocycles. The molecule has 1 aliphatic heterocycles. The van der Waals surface area contributed by atoms with E-state index in [-0.39, 0.29) is 37.6 Å². The number of fused-ring (bicyclic) bond motifs is 2. The van der Waals surface area contributed by atoms with Gasteiger partial charge in [-0.2, -0.15) is 0 Å². The molecule has 0 unspecified atom stereocenters. The van der Waals surface area contributed by atoms with Crippen LogP contribution >= 0.6 is 47.2 Å². The van der Waals surface area contributed by atoms with E-state index in [9.17, 15) is 23.3 Å². The highest BCUT2D eigenvalue weighted by Gasteiger charge is 2.51. The number of amides is 1. The summed E-state index contributed by atoms with van der Waals surface area (Å²) in [5.41, 5.74) is 14.2. The van der Waals surface area contributed by atoms with Crippen molar-refractivity contribution in [2.24, 2.45) is 0 Å². The van der Waals surface area contributed by atoms with Crippen LogP contribution in [0.4, 0.5) is 11.4 Å². The van der Waals surface area contributed by atoms with Crippen molar-refractivity contribution in [3.63, 3.8) is 0 Å². The molecule has 4 aromatic heterocycles. The number of nitrogens with one attached hydrogen (secondary N) is 3. The average Bonchev–Trinajstić information content (AvgIpc) is 3.68. The van der Waals surface area contributed by atoms with Crippen LogP contribution in [0.3, 0.4) is 0 Å². The van der Waals surface area contributed by atoms with Crippen LogP contribution in [0.2, 0.25) is 0 Å². The van der Waals surface area contributed by atoms with Gasteiger partial charge < -0.3 is 40.5 Å². The molecule has 1 fully saturated rings. The number of rotatable bonds is 24. The molecule has 0 atom stereocenters. The van der Waals surface area contributed by atoms with E-state index in [1.54, 1.807) is 27.9 Å². The van der Waals surface area contributed by atoms with Gasteiger partial charge in [0.05, 0.1) is 18.5 Å². The fraction of sp³-hybridized carbons (Fsp3) is 0.443. The highest BCUT2D eigenvalue weighted by atomic mass is 32.1. The Morgan fingerprint density at radius 2 is 1.06 bits per heavy atom. The number of carbonyl (C=O) groups is 2. The number of hydrogen-bond acceptors (Lipinski definition) is 16. The lowest BCUT2D eigenvalue weighted by Gasteiger charge is -2.33. The van der Waals surface area contributed by atoms with Gasteiger partial charge in [-0.05, 0) is 177 Å². The van der Waals surface area contributed by atoms with Crippen molar-refractivity contribution in [1.29, 1.82) is 0 Å². The maximum absolute atomic E-state index is 12.3. The van der Waals surface area contributed by atoms with Gasteiger partial charge in [0.1, 0.15) is 24.5 Å². The first-order chi connectivity index (χ1) is 40.3. The molecule has 84 heavy (non-hydrogen) atoms. The molecule has 1 saturated heterocycles. The smallest absolute Gasteiger partial charge is 0.381 e. The number of nitrogen functional groups attached to an aromatic ring is 1. The van der Waals surface area contributed by atoms with Crippen LogP contribution in [-0.2, 0) is 71.4 Å². The summed E-state index contributed by atoms with van der Waals surface area (Å²) in [6.45, 7) is 15.9. The minimum atomic E-state index is -3.57. The zero-order valence-corrected chi connectivity index (χ0v) is 54.1. The number of aryl methyl sites for hydroxylation is 4. The standard InChI is InChI=1S/C23H23N3O2S.C18H19N3S.C9H21O6P3.C6H15N.C5H6O3/c1-28-15-3-6-22(27)26-19-5-2-4-17(16-19)7-9-20(29)10-8-18-11-13-24-23-21(18)12-14-25-23;19-15-3-1-2-13(12-15)4-6-16(22)7-5-14-8-10-20-18-17(14)9-11-21-18;1-4-7-16(10)13-17(11,8-5-2)15-18(12,14-16)9-6-3;1-4-7(5-2)6-3;1-8-4-2-3-5(6)7/h2,4-5,11-14,16H,7-10,15H2,1H3,(H,24,25)(H,26,27);1-3,8-12H,4-7,19H2,(H,20,21);4-9H2,1-3H3;4-6H2,1-3H3;4H2,1H3,(H,6,7). The summed E-state index contributed by atoms with van der Waals surface area (Å²) < 4.78 is 61.5. The maximum atomic E-state index is 12.3. The molecule has 0 aliphatic carbocycles. The van der Waals surface area contributed by atoms with Crippen LogP contribution in [0, 0.1) is 23.7 Å². The Balaban J connectivity index is 0.000000300. The zero-order valence-electron chi connectivity index (χ0n) is 49.8. The van der Waals surface area contributed by atoms with Crippen LogP contribution in [0.15, 0.2) is 97.6 Å². The molecule has 23 heteroatoms. The van der Waals surface area contributed by atoms with Gasteiger partial charge in [0.2, 0.25) is 0 Å². The van der Waals surface area contributed by atoms with Crippen LogP contribution in [0.25, 0.3) is 22.1 Å². The Labute approximate surface area is 507 Å². The molecule has 18 nitrogen and oxygen atoms in total. The van der Waals surface area contributed by atoms with E-state index in [0.29, 0.717) is 19.3 Å². The normalized spacial score (nSPS) is 16.7. The minimum Gasteiger partial charge on any atom is -0.472 e. The van der Waals surface area contributed by atoms with E-state index in [1.807, 2.05) is 73.2 Å². The Morgan fingerprint density at radius 1 is 0.631 bits per heavy atom. The van der Waals surface area contributed by atoms with Crippen LogP contribution < -0.4 is 11.1 Å². The predicted octanol–water partition coefficient (Wildman–Crippen LogP) is 14.1. The van der Waals surface area contributed by atoms with Crippen molar-refractivity contribution in [2.45, 2.75) is 112 Å². The summed E-state index contributed by atoms with van der Waals surface area (Å²) in [5, 5.41) is 13.0. The van der Waals surface area contributed by atoms with Crippen molar-refractivity contribution >= 4 is 102 Å². The minimum absolute atomic E-state index is 0.109. The Hall–Kier alpha value is -5.69. The monoisotopic (exact) mass is 1250 g/mol. The number of hydrogen-bond donors (Lipinski definition) is 5. The Morgan fingerprint density at radius 3 is 1.46 bits per heavy atom. The molecule has 6 N–H and O–H groups in total. The number of thiocarbonyl (C=S) groups is 2. The number of carboxylic acids is 1. The van der Waals surface area contributed by atoms with Crippen molar-refractivity contribution in [2.75, 3.05) is 76.6 Å². The molecular formula is C61H84N7O11P3S2. The first-order valence-corrected chi connectivity index (χ1v) is 34.2. The zero-order chi connectivity index (χ0) is 61.8. The number of anilines is 2. The summed E-state index contributed by atoms with van der Waals surface area (Å²) in [5.74, 6) is 7.81. The number of methoxy groups -OCH3 is 2. The summed E-state index contributed by atoms with van der Waals surface area (Å²) in [7, 11) is -7.71. The molecule has 6 aromatic rings. The SMILES string of the molecule is CCCP1(=O)OP(=O)(CCC)OP(=O)(CCC)O1.CCN(CC)CC.COCC#CC(=O)Nc1cccc(CCC(=S)CCc2ccnc3[nH]ccc23)c1.COCC#CC(=O)O.Nc1cccc(CCC(=S)CCc2ccnc3[nH]ccc23)c1. The van der Waals surface area contributed by atoms with Crippen LogP contribution in [-0.4, -0.2) is 117 Å². The van der Waals surface area contributed by atoms with Gasteiger partial charge in [0.25, 0.3) is 5.91 Å². The van der Waals surface area contributed by atoms with E-state index in [4.69, 9.17) is 52.9 Å². The highest BCUT2D eigenvalue weighted by molar-refractivity contribution is 7.81. The Bertz CT molecular complexity index is 3210. The van der Waals surface area contributed by atoms with Crippen molar-refractivity contribution < 1.29 is 50.8 Å². The molecule has 456 valence electrons. The summed E-state index contributed by atoms with van der Waals surface area (Å²) in [6, 6.07) is 24.1. The number of nitrogens with zero attached hydrogens (tertiary/aromatic N) is 3. The van der Waals surface area contributed by atoms with Gasteiger partial charge >= 0.3 is 28.8 Å². The third kappa shape index (κ3) is 28.0. The third-order valence-electron chi connectivity index (χ3n) is 12.4. The quantitative estimate of drug-likeness (QED) is 0.0163. The lowest BCUT2D eigenvalue weighted by molar-refractivity contribution is -0.130. The maximum Gasteiger partial charge on any atom is 0.381 e. The van der Waals surface area contributed by atoms with Crippen molar-refractivity contribution in [3.8, 4) is 23.7 Å². The van der Waals surface area contributed by atoms with Crippen LogP contribution in [0.5, 0.6) is 0 Å². The molecule has 0 saturated carbocycles. The van der Waals surface area contributed by atoms with Gasteiger partial charge in [0, 0.05) is 67.1 Å². The number of aromatic amines is 2. The second-order valence-electron chi connectivity index (χ2n) is 19.0. The first-order valence-electron chi connectivity index (χ1n) is 28.2. The number of ether oxygens (including phenoxy) is 2. The summed E-state index contributed by atoms with van der Waals surface area (Å²) in [4.78, 5) is 40.9. The number of aliphatic carboxylic acids is 1. The van der Waals surface area contributed by atoms with Crippen molar-refractivity contribution in [3.05, 3.63) is 120 Å². The fourth-order valence-electron chi connectivity index (χ4n) is 8.28. The molecule has 0 bridgehead atoms. The molecule has 1 amide bonds. The van der Waals surface area contributed by atoms with Gasteiger partial charge in [-0.3, -0.25) is 18.5 Å². The van der Waals surface area contributed by atoms with E-state index >= 15 is 0 Å². The second kappa shape index (κ2) is 39.8. The lowest BCUT2D eigenvalue weighted by Crippen LogP contribution is -2.21. The average molecular weight is 1250 g/mol. The molecule has 2 aromatic carbocycles. The fourth-order valence-corrected chi connectivity index (χ4v) is 18.0. The lowest BCUT2D eigenvalue weighted by atomic mass is 10.0. The summed E-state index contributed by atoms with van der Waals surface area (Å²) in [6.07, 6.45) is 16.7. The number of carbonyl (C=O) groups excluding carboxylic acids is 1. The van der Waals surface area contributed by atoms with Gasteiger partial charge in [-0.15, -0.1) is 0 Å². The summed E-state index contributed by atoms with van der Waals surface area (Å²) >= 11 is 11.1. The first kappa shape index (κ1) is 72.6. The van der Waals surface area contributed by atoms with Crippen LogP contribution in [0.1, 0.15) is 109 Å². The van der Waals surface area contributed by atoms with E-state index in [0.717, 1.165) is 94.7 Å².